The molecule has 23 heavy (non-hydrogen) atoms. The van der Waals surface area contributed by atoms with Crippen molar-refractivity contribution in [2.45, 2.75) is 50.1 Å². The highest BCUT2D eigenvalue weighted by Crippen LogP contribution is 2.47. The summed E-state index contributed by atoms with van der Waals surface area (Å²) in [7, 11) is 0. The number of aromatic hydroxyl groups is 1. The summed E-state index contributed by atoms with van der Waals surface area (Å²) in [6.45, 7) is 2.23. The molecule has 2 aromatic rings. The van der Waals surface area contributed by atoms with Crippen LogP contribution in [0, 0.1) is 0 Å². The van der Waals surface area contributed by atoms with E-state index in [1.807, 2.05) is 12.1 Å². The molecule has 1 aliphatic heterocycles. The zero-order valence-corrected chi connectivity index (χ0v) is 13.6. The number of piperidine rings is 1. The second-order valence-electron chi connectivity index (χ2n) is 7.29. The Bertz CT molecular complexity index is 669. The number of phenolic OH excluding ortho intramolecular Hbond substituents is 1. The highest BCUT2D eigenvalue weighted by Gasteiger charge is 2.43. The van der Waals surface area contributed by atoms with E-state index < -0.39 is 0 Å². The van der Waals surface area contributed by atoms with Gasteiger partial charge >= 0.3 is 0 Å². The molecule has 1 saturated heterocycles. The highest BCUT2D eigenvalue weighted by atomic mass is 16.3. The van der Waals surface area contributed by atoms with Crippen molar-refractivity contribution in [3.05, 3.63) is 65.7 Å². The fourth-order valence-electron chi connectivity index (χ4n) is 4.68. The van der Waals surface area contributed by atoms with Crippen LogP contribution < -0.4 is 0 Å². The van der Waals surface area contributed by atoms with Gasteiger partial charge in [0.05, 0.1) is 0 Å². The largest absolute Gasteiger partial charge is 0.508 e. The quantitative estimate of drug-likeness (QED) is 0.904. The molecule has 0 aromatic heterocycles. The number of rotatable bonds is 3. The van der Waals surface area contributed by atoms with Gasteiger partial charge in [-0.3, -0.25) is 4.90 Å². The van der Waals surface area contributed by atoms with Gasteiger partial charge in [0.2, 0.25) is 0 Å². The van der Waals surface area contributed by atoms with E-state index in [0.717, 1.165) is 13.1 Å². The summed E-state index contributed by atoms with van der Waals surface area (Å²) in [6, 6.07) is 19.5. The Morgan fingerprint density at radius 1 is 1.04 bits per heavy atom. The molecule has 1 saturated carbocycles. The lowest BCUT2D eigenvalue weighted by atomic mass is 9.63. The summed E-state index contributed by atoms with van der Waals surface area (Å²) in [4.78, 5) is 2.68. The van der Waals surface area contributed by atoms with E-state index in [9.17, 15) is 5.11 Å². The lowest BCUT2D eigenvalue weighted by Crippen LogP contribution is -2.51. The van der Waals surface area contributed by atoms with E-state index in [2.05, 4.69) is 41.3 Å². The maximum atomic E-state index is 9.87. The molecule has 2 fully saturated rings. The fraction of sp³-hybridized carbons (Fsp3) is 0.429. The van der Waals surface area contributed by atoms with Crippen LogP contribution >= 0.6 is 0 Å². The summed E-state index contributed by atoms with van der Waals surface area (Å²) < 4.78 is 0. The molecular formula is C21H25NO. The molecule has 2 aliphatic rings. The Morgan fingerprint density at radius 2 is 1.91 bits per heavy atom. The van der Waals surface area contributed by atoms with E-state index >= 15 is 0 Å². The van der Waals surface area contributed by atoms with Crippen LogP contribution in [0.3, 0.4) is 0 Å². The Morgan fingerprint density at radius 3 is 2.74 bits per heavy atom. The third kappa shape index (κ3) is 2.88. The molecular weight excluding hydrogens is 282 g/mol. The first-order valence-corrected chi connectivity index (χ1v) is 8.83. The first-order valence-electron chi connectivity index (χ1n) is 8.83. The molecule has 1 aliphatic carbocycles. The van der Waals surface area contributed by atoms with Crippen molar-refractivity contribution in [1.29, 1.82) is 0 Å². The van der Waals surface area contributed by atoms with E-state index in [1.54, 1.807) is 6.07 Å². The van der Waals surface area contributed by atoms with Crippen molar-refractivity contribution >= 4 is 0 Å². The smallest absolute Gasteiger partial charge is 0.115 e. The standard InChI is InChI=1S/C21H25NO/c23-20-10-4-8-18(14-20)21-11-5-9-19(15-21)22(13-12-21)16-17-6-2-1-3-7-17/h1-4,6-8,10,14,19,23H,5,9,11-13,15-16H2/t19-,21-/m1/s1. The van der Waals surface area contributed by atoms with Gasteiger partial charge in [-0.2, -0.15) is 0 Å². The molecule has 1 N–H and O–H groups in total. The van der Waals surface area contributed by atoms with Crippen molar-refractivity contribution in [3.8, 4) is 5.75 Å². The average Bonchev–Trinajstić information content (AvgIpc) is 2.59. The number of benzene rings is 2. The van der Waals surface area contributed by atoms with E-state index in [4.69, 9.17) is 0 Å². The van der Waals surface area contributed by atoms with Gasteiger partial charge in [-0.15, -0.1) is 0 Å². The molecule has 2 bridgehead atoms. The van der Waals surface area contributed by atoms with Crippen molar-refractivity contribution in [2.75, 3.05) is 6.54 Å². The summed E-state index contributed by atoms with van der Waals surface area (Å²) in [5.41, 5.74) is 3.05. The van der Waals surface area contributed by atoms with Crippen LogP contribution in [-0.4, -0.2) is 22.6 Å². The Hall–Kier alpha value is -1.80. The van der Waals surface area contributed by atoms with E-state index in [0.29, 0.717) is 11.8 Å². The molecule has 120 valence electrons. The molecule has 2 atom stereocenters. The normalized spacial score (nSPS) is 27.7. The van der Waals surface area contributed by atoms with Crippen molar-refractivity contribution in [3.63, 3.8) is 0 Å². The maximum Gasteiger partial charge on any atom is 0.115 e. The Balaban J connectivity index is 1.54. The summed E-state index contributed by atoms with van der Waals surface area (Å²) in [6.07, 6.45) is 6.33. The van der Waals surface area contributed by atoms with Gasteiger partial charge in [-0.05, 0) is 60.9 Å². The van der Waals surface area contributed by atoms with Crippen LogP contribution in [0.5, 0.6) is 5.75 Å². The number of phenols is 1. The van der Waals surface area contributed by atoms with Gasteiger partial charge in [0, 0.05) is 12.6 Å². The van der Waals surface area contributed by atoms with Crippen LogP contribution in [0.4, 0.5) is 0 Å². The van der Waals surface area contributed by atoms with Gasteiger partial charge in [-0.25, -0.2) is 0 Å². The molecule has 4 rings (SSSR count). The second-order valence-corrected chi connectivity index (χ2v) is 7.29. The minimum Gasteiger partial charge on any atom is -0.508 e. The third-order valence-corrected chi connectivity index (χ3v) is 5.90. The predicted molar refractivity (Wildman–Crippen MR) is 93.5 cm³/mol. The summed E-state index contributed by atoms with van der Waals surface area (Å²) in [5, 5.41) is 9.87. The number of fused-ring (bicyclic) bond motifs is 2. The van der Waals surface area contributed by atoms with Crippen LogP contribution in [0.25, 0.3) is 0 Å². The molecule has 0 amide bonds. The molecule has 0 radical (unpaired) electrons. The molecule has 2 heteroatoms. The summed E-state index contributed by atoms with van der Waals surface area (Å²) in [5.74, 6) is 0.408. The molecule has 1 heterocycles. The third-order valence-electron chi connectivity index (χ3n) is 5.90. The lowest BCUT2D eigenvalue weighted by molar-refractivity contribution is 0.0458. The SMILES string of the molecule is Oc1cccc([C@@]23CCC[C@H](C2)N(Cc2ccccc2)CC3)c1. The van der Waals surface area contributed by atoms with E-state index in [-0.39, 0.29) is 5.41 Å². The number of likely N-dealkylation sites (tertiary alicyclic amines) is 1. The zero-order chi connectivity index (χ0) is 15.7. The number of hydrogen-bond acceptors (Lipinski definition) is 2. The second kappa shape index (κ2) is 6.01. The highest BCUT2D eigenvalue weighted by molar-refractivity contribution is 5.34. The van der Waals surface area contributed by atoms with Gasteiger partial charge in [0.25, 0.3) is 0 Å². The Kier molecular flexibility index (Phi) is 3.86. The lowest BCUT2D eigenvalue weighted by Gasteiger charge is -2.51. The molecule has 0 spiro atoms. The van der Waals surface area contributed by atoms with Gasteiger partial charge in [-0.1, -0.05) is 48.9 Å². The van der Waals surface area contributed by atoms with Crippen molar-refractivity contribution in [1.82, 2.24) is 4.90 Å². The molecule has 2 nitrogen and oxygen atoms in total. The fourth-order valence-corrected chi connectivity index (χ4v) is 4.68. The van der Waals surface area contributed by atoms with E-state index in [1.165, 1.54) is 43.2 Å². The molecule has 2 aromatic carbocycles. The monoisotopic (exact) mass is 307 g/mol. The van der Waals surface area contributed by atoms with Gasteiger partial charge in [0.1, 0.15) is 5.75 Å². The minimum absolute atomic E-state index is 0.287. The first-order chi connectivity index (χ1) is 11.3. The number of hydrogen-bond donors (Lipinski definition) is 1. The van der Waals surface area contributed by atoms with Gasteiger partial charge < -0.3 is 5.11 Å². The van der Waals surface area contributed by atoms with Crippen LogP contribution in [-0.2, 0) is 12.0 Å². The van der Waals surface area contributed by atoms with Crippen molar-refractivity contribution in [2.24, 2.45) is 0 Å². The minimum atomic E-state index is 0.287. The topological polar surface area (TPSA) is 23.5 Å². The Labute approximate surface area is 138 Å². The maximum absolute atomic E-state index is 9.87. The van der Waals surface area contributed by atoms with Crippen LogP contribution in [0.2, 0.25) is 0 Å². The first kappa shape index (κ1) is 14.8. The van der Waals surface area contributed by atoms with Crippen LogP contribution in [0.15, 0.2) is 54.6 Å². The number of nitrogens with zero attached hydrogens (tertiary/aromatic N) is 1. The molecule has 0 unspecified atom stereocenters. The summed E-state index contributed by atoms with van der Waals surface area (Å²) >= 11 is 0. The average molecular weight is 307 g/mol. The van der Waals surface area contributed by atoms with Gasteiger partial charge in [0.15, 0.2) is 0 Å². The zero-order valence-electron chi connectivity index (χ0n) is 13.6. The van der Waals surface area contributed by atoms with Crippen LogP contribution in [0.1, 0.15) is 43.2 Å². The van der Waals surface area contributed by atoms with Crippen molar-refractivity contribution < 1.29 is 5.11 Å². The predicted octanol–water partition coefficient (Wildman–Crippen LogP) is 4.48.